The molecule has 22 nitrogen and oxygen atoms in total. The van der Waals surface area contributed by atoms with Crippen LogP contribution in [0.25, 0.3) is 0 Å². The van der Waals surface area contributed by atoms with Crippen molar-refractivity contribution in [1.82, 2.24) is 18.5 Å². The molecule has 0 bridgehead atoms. The van der Waals surface area contributed by atoms with Crippen LogP contribution in [0.1, 0.15) is 174 Å². The van der Waals surface area contributed by atoms with Crippen molar-refractivity contribution in [2.45, 2.75) is 217 Å². The van der Waals surface area contributed by atoms with Crippen molar-refractivity contribution in [2.24, 2.45) is 0 Å². The van der Waals surface area contributed by atoms with E-state index in [2.05, 4.69) is 53.3 Å². The van der Waals surface area contributed by atoms with Crippen molar-refractivity contribution >= 4 is 35.4 Å². The third-order valence-electron chi connectivity index (χ3n) is 10.9. The molecule has 1 rings (SSSR count). The number of hydrogen-bond acceptors (Lipinski definition) is 17. The second kappa shape index (κ2) is 43.3. The summed E-state index contributed by atoms with van der Waals surface area (Å²) in [5, 5.41) is 31.7. The van der Waals surface area contributed by atoms with Crippen LogP contribution in [0.3, 0.4) is 0 Å². The lowest BCUT2D eigenvalue weighted by molar-refractivity contribution is -0.280. The van der Waals surface area contributed by atoms with Gasteiger partial charge in [0.2, 0.25) is 0 Å². The number of aliphatic hydroxyl groups excluding tert-OH is 3. The molecule has 17 N–H and O–H groups in total. The molecule has 1 saturated carbocycles. The first-order valence-electron chi connectivity index (χ1n) is 24.4. The monoisotopic (exact) mass is 1080 g/mol. The topological polar surface area (TPSA) is 421 Å². The maximum atomic E-state index is 13.0. The summed E-state index contributed by atoms with van der Waals surface area (Å²) in [5.41, 5.74) is 0. The summed E-state index contributed by atoms with van der Waals surface area (Å²) in [4.78, 5) is 79.5. The summed E-state index contributed by atoms with van der Waals surface area (Å²) in [6.07, 6.45) is 23.2. The first kappa shape index (κ1) is 73.2. The van der Waals surface area contributed by atoms with Crippen molar-refractivity contribution in [3.63, 3.8) is 0 Å². The predicted octanol–water partition coefficient (Wildman–Crippen LogP) is 8.25. The molecule has 0 heterocycles. The minimum atomic E-state index is -5.89. The van der Waals surface area contributed by atoms with E-state index in [0.717, 1.165) is 44.9 Å². The van der Waals surface area contributed by atoms with Crippen LogP contribution in [-0.4, -0.2) is 93.0 Å². The third-order valence-corrected chi connectivity index (χ3v) is 12.9. The first-order valence-corrected chi connectivity index (χ1v) is 28.8. The zero-order chi connectivity index (χ0) is 50.7. The lowest BCUT2D eigenvalue weighted by Gasteiger charge is -2.47. The van der Waals surface area contributed by atoms with Gasteiger partial charge in [-0.1, -0.05) is 159 Å². The Morgan fingerprint density at radius 1 is 0.493 bits per heavy atom. The van der Waals surface area contributed by atoms with Crippen LogP contribution in [0, 0.1) is 0 Å². The Hall–Kier alpha value is -2.01. The summed E-state index contributed by atoms with van der Waals surface area (Å²) in [5.74, 6) is -1.42. The number of phosphoric acid groups is 3. The fourth-order valence-corrected chi connectivity index (χ4v) is 9.27. The number of esters is 2. The number of aliphatic hydroxyl groups is 3. The molecule has 25 heteroatoms. The maximum absolute atomic E-state index is 13.0. The fraction of sp³-hybridized carbons (Fsp3) is 0.783. The van der Waals surface area contributed by atoms with E-state index in [1.54, 1.807) is 0 Å². The highest BCUT2D eigenvalue weighted by Gasteiger charge is 2.54. The van der Waals surface area contributed by atoms with Gasteiger partial charge in [0.1, 0.15) is 43.2 Å². The highest BCUT2D eigenvalue weighted by molar-refractivity contribution is 7.46. The zero-order valence-corrected chi connectivity index (χ0v) is 45.7. The molecule has 10 atom stereocenters. The molecule has 0 spiro atoms. The Balaban J connectivity index is -0.0000154. The summed E-state index contributed by atoms with van der Waals surface area (Å²) < 4.78 is 64.4. The van der Waals surface area contributed by atoms with Gasteiger partial charge in [-0.25, -0.2) is 0 Å². The molecule has 1 aliphatic carbocycles. The predicted molar refractivity (Wildman–Crippen MR) is 268 cm³/mol. The Labute approximate surface area is 422 Å². The standard InChI is InChI=1S/C46H83O19P3.3H3N/c1-3-5-7-9-11-13-15-17-19-20-21-23-25-27-29-31-33-35-40(48)62-38(36-60-39(47)34-32-30-28-26-24-22-18-16-14-12-10-8-6-4-2)37-61-68(58,59)65-44-41(49)42(50)45(63-66(52,53)54)46(43(44)51)64-67(55,56)57;;;/h11,13,17,19,21,23,27,29,38,41-46,49-51H,3-10,12,14-16,18,20,22,24-26,28,30-37H2,1-2H3,(H,58,59)(H2,52,53,54)(H2,55,56,57);3*1H3/b13-11-,19-17-,23-21-,29-27-;;;/t38-,41-,42+,43+,44-,45-,46-;;;/m1.../s1. The number of ether oxygens (including phenoxy) is 2. The quantitative estimate of drug-likeness (QED) is 0.0124. The van der Waals surface area contributed by atoms with Gasteiger partial charge in [-0.05, 0) is 51.4 Å². The average molecular weight is 1080 g/mol. The van der Waals surface area contributed by atoms with E-state index >= 15 is 0 Å². The minimum absolute atomic E-state index is 0. The van der Waals surface area contributed by atoms with Gasteiger partial charge >= 0.3 is 11.9 Å². The van der Waals surface area contributed by atoms with E-state index in [1.807, 2.05) is 18.2 Å². The van der Waals surface area contributed by atoms with Crippen LogP contribution in [0.15, 0.2) is 48.6 Å². The molecule has 1 aliphatic rings. The summed E-state index contributed by atoms with van der Waals surface area (Å²) in [6, 6.07) is 0. The van der Waals surface area contributed by atoms with E-state index in [1.165, 1.54) is 77.0 Å². The Kier molecular flexibility index (Phi) is 44.6. The van der Waals surface area contributed by atoms with Gasteiger partial charge < -0.3 is 85.8 Å². The molecular formula is C46H92N3O19P3. The lowest BCUT2D eigenvalue weighted by atomic mass is 9.85. The molecule has 0 radical (unpaired) electrons. The van der Waals surface area contributed by atoms with Crippen LogP contribution in [0.5, 0.6) is 0 Å². The van der Waals surface area contributed by atoms with E-state index in [0.29, 0.717) is 25.7 Å². The molecule has 3 unspecified atom stereocenters. The zero-order valence-electron chi connectivity index (χ0n) is 43.0. The van der Waals surface area contributed by atoms with Crippen LogP contribution in [0.4, 0.5) is 0 Å². The number of carbonyl (C=O) groups excluding carboxylic acids is 2. The Morgan fingerprint density at radius 2 is 0.873 bits per heavy atom. The van der Waals surface area contributed by atoms with Gasteiger partial charge in [0.05, 0.1) is 6.61 Å². The van der Waals surface area contributed by atoms with Gasteiger partial charge in [-0.15, -0.1) is 0 Å². The summed E-state index contributed by atoms with van der Waals surface area (Å²) in [6.45, 7) is 2.75. The van der Waals surface area contributed by atoms with Crippen LogP contribution in [0.2, 0.25) is 0 Å². The van der Waals surface area contributed by atoms with Gasteiger partial charge in [0.15, 0.2) is 6.10 Å². The molecule has 420 valence electrons. The average Bonchev–Trinajstić information content (AvgIpc) is 3.27. The van der Waals surface area contributed by atoms with Crippen molar-refractivity contribution in [3.8, 4) is 0 Å². The van der Waals surface area contributed by atoms with Crippen LogP contribution >= 0.6 is 23.5 Å². The molecule has 71 heavy (non-hydrogen) atoms. The van der Waals surface area contributed by atoms with Crippen molar-refractivity contribution in [3.05, 3.63) is 48.6 Å². The van der Waals surface area contributed by atoms with E-state index in [4.69, 9.17) is 23.4 Å². The molecule has 1 fully saturated rings. The second-order valence-corrected chi connectivity index (χ2v) is 20.6. The SMILES string of the molecule is CCCCC/C=C\C/C=C\C/C=C\C/C=C\CCCC(=O)O[C@H](COC(=O)CCCCCCCCCCCCCCCC)COP(=O)([O-])O[C@@H]1[C@H](O)[C@H](O)[C@@H](OP(=O)([O-])O)[C@H](OP(=O)([O-])O)[C@H]1O.[NH4+].[NH4+].[NH4+]. The summed E-state index contributed by atoms with van der Waals surface area (Å²) >= 11 is 0. The first-order chi connectivity index (χ1) is 32.3. The lowest BCUT2D eigenvalue weighted by Crippen LogP contribution is -2.65. The third kappa shape index (κ3) is 39.1. The molecule has 0 aliphatic heterocycles. The largest absolute Gasteiger partial charge is 0.756 e. The Bertz CT molecular complexity index is 1630. The van der Waals surface area contributed by atoms with Crippen LogP contribution < -0.4 is 33.1 Å². The Morgan fingerprint density at radius 3 is 1.34 bits per heavy atom. The second-order valence-electron chi connectivity index (χ2n) is 17.0. The van der Waals surface area contributed by atoms with Crippen LogP contribution in [-0.2, 0) is 50.9 Å². The number of hydrogen-bond donors (Lipinski definition) is 8. The normalized spacial score (nSPS) is 22.3. The van der Waals surface area contributed by atoms with Gasteiger partial charge in [-0.3, -0.25) is 23.3 Å². The molecule has 0 aromatic heterocycles. The van der Waals surface area contributed by atoms with E-state index in [-0.39, 0.29) is 31.3 Å². The molecule has 0 aromatic carbocycles. The molecule has 0 saturated heterocycles. The highest BCUT2D eigenvalue weighted by atomic mass is 31.2. The summed E-state index contributed by atoms with van der Waals surface area (Å²) in [7, 11) is -17.5. The minimum Gasteiger partial charge on any atom is -0.756 e. The molecule has 0 aromatic rings. The number of phosphoric ester groups is 3. The smallest absolute Gasteiger partial charge is 0.306 e. The number of quaternary nitrogens is 3. The van der Waals surface area contributed by atoms with E-state index in [9.17, 15) is 58.2 Å². The van der Waals surface area contributed by atoms with Gasteiger partial charge in [-0.2, -0.15) is 0 Å². The number of carbonyl (C=O) groups is 2. The van der Waals surface area contributed by atoms with Crippen molar-refractivity contribution in [1.29, 1.82) is 0 Å². The van der Waals surface area contributed by atoms with Crippen molar-refractivity contribution in [2.75, 3.05) is 13.2 Å². The molecular weight excluding hydrogens is 991 g/mol. The van der Waals surface area contributed by atoms with Gasteiger partial charge in [0, 0.05) is 12.8 Å². The maximum Gasteiger partial charge on any atom is 0.306 e. The highest BCUT2D eigenvalue weighted by Crippen LogP contribution is 2.48. The number of rotatable bonds is 41. The van der Waals surface area contributed by atoms with E-state index < -0.39 is 91.3 Å². The van der Waals surface area contributed by atoms with Gasteiger partial charge in [0.25, 0.3) is 23.5 Å². The van der Waals surface area contributed by atoms with Crippen molar-refractivity contribution < 1.29 is 90.6 Å². The molecule has 0 amide bonds. The number of allylic oxidation sites excluding steroid dienone is 8. The fourth-order valence-electron chi connectivity index (χ4n) is 7.21. The number of unbranched alkanes of at least 4 members (excludes halogenated alkanes) is 17.